The van der Waals surface area contributed by atoms with E-state index in [1.54, 1.807) is 36.4 Å². The minimum Gasteiger partial charge on any atom is -0.497 e. The van der Waals surface area contributed by atoms with E-state index in [-0.39, 0.29) is 4.90 Å². The predicted octanol–water partition coefficient (Wildman–Crippen LogP) is 4.35. The normalized spacial score (nSPS) is 12.2. The van der Waals surface area contributed by atoms with Crippen LogP contribution in [-0.2, 0) is 23.5 Å². The smallest absolute Gasteiger partial charge is 0.279 e. The van der Waals surface area contributed by atoms with Crippen molar-refractivity contribution in [3.8, 4) is 5.75 Å². The van der Waals surface area contributed by atoms with Crippen LogP contribution in [-0.4, -0.2) is 26.0 Å². The van der Waals surface area contributed by atoms with Crippen molar-refractivity contribution in [2.75, 3.05) is 11.8 Å². The number of benzene rings is 3. The number of hydrogen-bond acceptors (Lipinski definition) is 5. The zero-order chi connectivity index (χ0) is 23.6. The number of rotatable bonds is 6. The number of methoxy groups -OCH3 is 1. The lowest BCUT2D eigenvalue weighted by Crippen LogP contribution is -2.14. The molecule has 3 aromatic carbocycles. The molecule has 0 bridgehead atoms. The summed E-state index contributed by atoms with van der Waals surface area (Å²) in [5, 5.41) is 0. The van der Waals surface area contributed by atoms with E-state index < -0.39 is 15.9 Å². The second-order valence-corrected chi connectivity index (χ2v) is 10.1. The van der Waals surface area contributed by atoms with Gasteiger partial charge in [0, 0.05) is 18.3 Å². The zero-order valence-corrected chi connectivity index (χ0v) is 20.0. The molecule has 7 nitrogen and oxygen atoms in total. The average molecular weight is 482 g/mol. The van der Waals surface area contributed by atoms with E-state index in [1.165, 1.54) is 36.1 Å². The molecule has 1 heterocycles. The summed E-state index contributed by atoms with van der Waals surface area (Å²) in [4.78, 5) is 17.7. The first-order valence-corrected chi connectivity index (χ1v) is 12.5. The lowest BCUT2D eigenvalue weighted by atomic mass is 10.2. The van der Waals surface area contributed by atoms with Gasteiger partial charge in [-0.15, -0.1) is 0 Å². The summed E-state index contributed by atoms with van der Waals surface area (Å²) in [7, 11) is -0.366. The fraction of sp³-hybridized carbons (Fsp3) is 0.167. The van der Waals surface area contributed by atoms with E-state index in [0.717, 1.165) is 16.6 Å². The molecule has 1 N–H and O–H groups in total. The number of thiazole rings is 1. The van der Waals surface area contributed by atoms with Crippen molar-refractivity contribution >= 4 is 43.2 Å². The molecule has 0 unspecified atom stereocenters. The van der Waals surface area contributed by atoms with Crippen molar-refractivity contribution < 1.29 is 17.9 Å². The van der Waals surface area contributed by atoms with E-state index in [2.05, 4.69) is 28.8 Å². The lowest BCUT2D eigenvalue weighted by Gasteiger charge is -2.09. The van der Waals surface area contributed by atoms with Gasteiger partial charge in [-0.2, -0.15) is 4.99 Å². The fourth-order valence-electron chi connectivity index (χ4n) is 3.31. The Balaban J connectivity index is 1.55. The van der Waals surface area contributed by atoms with Gasteiger partial charge in [-0.05, 0) is 72.6 Å². The molecular weight excluding hydrogens is 458 g/mol. The molecule has 0 saturated heterocycles. The van der Waals surface area contributed by atoms with Gasteiger partial charge >= 0.3 is 0 Å². The average Bonchev–Trinajstić information content (AvgIpc) is 3.13. The summed E-state index contributed by atoms with van der Waals surface area (Å²) < 4.78 is 35.7. The Kier molecular flexibility index (Phi) is 6.35. The quantitative estimate of drug-likeness (QED) is 0.443. The molecule has 1 aromatic heterocycles. The highest BCUT2D eigenvalue weighted by atomic mass is 32.2. The van der Waals surface area contributed by atoms with Crippen molar-refractivity contribution in [2.24, 2.45) is 12.0 Å². The second kappa shape index (κ2) is 9.21. The molecule has 0 aliphatic rings. The van der Waals surface area contributed by atoms with Gasteiger partial charge in [0.05, 0.1) is 22.2 Å². The highest BCUT2D eigenvalue weighted by Crippen LogP contribution is 2.21. The van der Waals surface area contributed by atoms with Crippen LogP contribution in [0.25, 0.3) is 10.2 Å². The number of anilines is 1. The van der Waals surface area contributed by atoms with Crippen LogP contribution in [0.4, 0.5) is 5.69 Å². The molecular formula is C24H23N3O4S2. The number of carbonyl (C=O) groups excluding carboxylic acids is 1. The second-order valence-electron chi connectivity index (χ2n) is 7.37. The van der Waals surface area contributed by atoms with Crippen LogP contribution in [0.3, 0.4) is 0 Å². The third-order valence-corrected chi connectivity index (χ3v) is 7.72. The van der Waals surface area contributed by atoms with Gasteiger partial charge in [0.15, 0.2) is 4.80 Å². The van der Waals surface area contributed by atoms with Gasteiger partial charge < -0.3 is 9.30 Å². The standard InChI is InChI=1S/C24H23N3O4S2/c1-4-16-5-14-21-22(15-16)32-24(27(21)2)25-23(28)17-6-8-18(9-7-17)26-33(29,30)20-12-10-19(31-3)11-13-20/h5-15,26H,4H2,1-3H3. The van der Waals surface area contributed by atoms with Crippen LogP contribution >= 0.6 is 11.3 Å². The molecule has 1 amide bonds. The van der Waals surface area contributed by atoms with Crippen LogP contribution in [0.2, 0.25) is 0 Å². The van der Waals surface area contributed by atoms with E-state index in [0.29, 0.717) is 21.8 Å². The van der Waals surface area contributed by atoms with Crippen LogP contribution in [0.15, 0.2) is 76.6 Å². The number of carbonyl (C=O) groups is 1. The molecule has 4 rings (SSSR count). The van der Waals surface area contributed by atoms with Gasteiger partial charge in [0.25, 0.3) is 15.9 Å². The minimum absolute atomic E-state index is 0.113. The maximum Gasteiger partial charge on any atom is 0.279 e. The SMILES string of the molecule is CCc1ccc2c(c1)sc(=NC(=O)c1ccc(NS(=O)(=O)c3ccc(OC)cc3)cc1)n2C. The molecule has 9 heteroatoms. The summed E-state index contributed by atoms with van der Waals surface area (Å²) in [6, 6.07) is 18.5. The van der Waals surface area contributed by atoms with E-state index in [4.69, 9.17) is 4.74 Å². The Morgan fingerprint density at radius 3 is 2.39 bits per heavy atom. The number of hydrogen-bond donors (Lipinski definition) is 1. The third-order valence-electron chi connectivity index (χ3n) is 5.23. The van der Waals surface area contributed by atoms with Crippen LogP contribution in [0.5, 0.6) is 5.75 Å². The molecule has 0 atom stereocenters. The Morgan fingerprint density at radius 2 is 1.76 bits per heavy atom. The summed E-state index contributed by atoms with van der Waals surface area (Å²) in [5.41, 5.74) is 2.97. The molecule has 0 radical (unpaired) electrons. The van der Waals surface area contributed by atoms with Crippen molar-refractivity contribution in [1.82, 2.24) is 4.57 Å². The van der Waals surface area contributed by atoms with Crippen molar-refractivity contribution in [2.45, 2.75) is 18.2 Å². The van der Waals surface area contributed by atoms with E-state index in [9.17, 15) is 13.2 Å². The Labute approximate surface area is 196 Å². The van der Waals surface area contributed by atoms with Gasteiger partial charge in [-0.3, -0.25) is 9.52 Å². The summed E-state index contributed by atoms with van der Waals surface area (Å²) in [5.74, 6) is 0.177. The molecule has 0 fully saturated rings. The number of nitrogens with zero attached hydrogens (tertiary/aromatic N) is 2. The van der Waals surface area contributed by atoms with Gasteiger partial charge in [0.1, 0.15) is 5.75 Å². The van der Waals surface area contributed by atoms with Crippen molar-refractivity contribution in [3.05, 3.63) is 82.7 Å². The first kappa shape index (κ1) is 22.8. The molecule has 170 valence electrons. The number of aromatic nitrogens is 1. The first-order valence-electron chi connectivity index (χ1n) is 10.2. The highest BCUT2D eigenvalue weighted by molar-refractivity contribution is 7.92. The lowest BCUT2D eigenvalue weighted by molar-refractivity contribution is 0.0998. The van der Waals surface area contributed by atoms with Crippen molar-refractivity contribution in [3.63, 3.8) is 0 Å². The number of sulfonamides is 1. The van der Waals surface area contributed by atoms with Crippen LogP contribution < -0.4 is 14.3 Å². The summed E-state index contributed by atoms with van der Waals surface area (Å²) in [6.07, 6.45) is 0.942. The molecule has 0 saturated carbocycles. The first-order chi connectivity index (χ1) is 15.8. The van der Waals surface area contributed by atoms with Gasteiger partial charge in [-0.25, -0.2) is 8.42 Å². The topological polar surface area (TPSA) is 89.8 Å². The number of fused-ring (bicyclic) bond motifs is 1. The Hall–Kier alpha value is -3.43. The molecule has 33 heavy (non-hydrogen) atoms. The third kappa shape index (κ3) is 4.84. The maximum absolute atomic E-state index is 12.7. The van der Waals surface area contributed by atoms with E-state index >= 15 is 0 Å². The monoisotopic (exact) mass is 481 g/mol. The number of nitrogens with one attached hydrogen (secondary N) is 1. The minimum atomic E-state index is -3.76. The zero-order valence-electron chi connectivity index (χ0n) is 18.4. The predicted molar refractivity (Wildman–Crippen MR) is 130 cm³/mol. The van der Waals surface area contributed by atoms with Gasteiger partial charge in [0.2, 0.25) is 0 Å². The summed E-state index contributed by atoms with van der Waals surface area (Å²) in [6.45, 7) is 2.10. The van der Waals surface area contributed by atoms with Crippen LogP contribution in [0.1, 0.15) is 22.8 Å². The Bertz CT molecular complexity index is 1480. The molecule has 0 spiro atoms. The fourth-order valence-corrected chi connectivity index (χ4v) is 5.45. The number of aryl methyl sites for hydroxylation is 2. The Morgan fingerprint density at radius 1 is 1.06 bits per heavy atom. The number of ether oxygens (including phenoxy) is 1. The number of amides is 1. The molecule has 0 aliphatic heterocycles. The van der Waals surface area contributed by atoms with Crippen LogP contribution in [0, 0.1) is 0 Å². The van der Waals surface area contributed by atoms with Gasteiger partial charge in [-0.1, -0.05) is 24.3 Å². The largest absolute Gasteiger partial charge is 0.497 e. The highest BCUT2D eigenvalue weighted by Gasteiger charge is 2.15. The maximum atomic E-state index is 12.7. The molecule has 4 aromatic rings. The summed E-state index contributed by atoms with van der Waals surface area (Å²) >= 11 is 1.46. The van der Waals surface area contributed by atoms with E-state index in [1.807, 2.05) is 17.7 Å². The molecule has 0 aliphatic carbocycles. The van der Waals surface area contributed by atoms with Crippen molar-refractivity contribution in [1.29, 1.82) is 0 Å².